The number of nitrogens with two attached hydrogens (primary N) is 1. The van der Waals surface area contributed by atoms with E-state index in [2.05, 4.69) is 0 Å². The van der Waals surface area contributed by atoms with Gasteiger partial charge in [0.2, 0.25) is 0 Å². The van der Waals surface area contributed by atoms with Crippen LogP contribution in [0.3, 0.4) is 0 Å². The lowest BCUT2D eigenvalue weighted by atomic mass is 10.0. The van der Waals surface area contributed by atoms with Crippen LogP contribution < -0.4 is 15.4 Å². The molecule has 0 saturated carbocycles. The van der Waals surface area contributed by atoms with Crippen LogP contribution in [0.15, 0.2) is 42.5 Å². The molecule has 2 aromatic carbocycles. The number of carbonyl (C=O) groups excluding carboxylic acids is 1. The normalized spacial score (nSPS) is 16.9. The summed E-state index contributed by atoms with van der Waals surface area (Å²) in [5.74, 6) is 0.462. The van der Waals surface area contributed by atoms with Gasteiger partial charge in [0, 0.05) is 18.7 Å². The molecule has 1 atom stereocenters. The molecule has 5 heteroatoms. The van der Waals surface area contributed by atoms with Gasteiger partial charge in [-0.3, -0.25) is 4.79 Å². The molecule has 0 bridgehead atoms. The van der Waals surface area contributed by atoms with Crippen LogP contribution >= 0.6 is 0 Å². The lowest BCUT2D eigenvalue weighted by molar-refractivity contribution is -0.126. The fourth-order valence-corrected chi connectivity index (χ4v) is 2.85. The fraction of sp³-hybridized carbons (Fsp3) is 0.278. The zero-order valence-corrected chi connectivity index (χ0v) is 13.0. The molecule has 1 unspecified atom stereocenters. The number of fused-ring (bicyclic) bond motifs is 1. The number of carbonyl (C=O) groups is 1. The number of hydrogen-bond donors (Lipinski definition) is 2. The van der Waals surface area contributed by atoms with E-state index in [0.717, 1.165) is 11.1 Å². The lowest BCUT2D eigenvalue weighted by Crippen LogP contribution is -2.48. The SMILES string of the molecule is Cc1cccc(CC2Oc3ccc(N)cc3N(CCO)C2=O)c1. The van der Waals surface area contributed by atoms with Gasteiger partial charge in [0.25, 0.3) is 5.91 Å². The molecule has 0 aromatic heterocycles. The van der Waals surface area contributed by atoms with Crippen molar-refractivity contribution < 1.29 is 14.6 Å². The van der Waals surface area contributed by atoms with Crippen molar-refractivity contribution in [3.63, 3.8) is 0 Å². The number of aliphatic hydroxyl groups excluding tert-OH is 1. The number of nitrogen functional groups attached to an aromatic ring is 1. The first-order valence-electron chi connectivity index (χ1n) is 7.62. The van der Waals surface area contributed by atoms with Gasteiger partial charge in [0.15, 0.2) is 6.10 Å². The summed E-state index contributed by atoms with van der Waals surface area (Å²) >= 11 is 0. The summed E-state index contributed by atoms with van der Waals surface area (Å²) in [6, 6.07) is 13.2. The summed E-state index contributed by atoms with van der Waals surface area (Å²) in [6.07, 6.45) is -0.105. The molecule has 0 radical (unpaired) electrons. The summed E-state index contributed by atoms with van der Waals surface area (Å²) in [5, 5.41) is 9.28. The van der Waals surface area contributed by atoms with Gasteiger partial charge in [-0.1, -0.05) is 29.8 Å². The van der Waals surface area contributed by atoms with Crippen molar-refractivity contribution in [2.45, 2.75) is 19.4 Å². The molecular weight excluding hydrogens is 292 g/mol. The van der Waals surface area contributed by atoms with E-state index >= 15 is 0 Å². The molecule has 0 aliphatic carbocycles. The Morgan fingerprint density at radius 2 is 2.09 bits per heavy atom. The van der Waals surface area contributed by atoms with Gasteiger partial charge in [-0.05, 0) is 30.7 Å². The third-order valence-electron chi connectivity index (χ3n) is 3.91. The second-order valence-corrected chi connectivity index (χ2v) is 5.74. The quantitative estimate of drug-likeness (QED) is 0.846. The third-order valence-corrected chi connectivity index (χ3v) is 3.91. The topological polar surface area (TPSA) is 75.8 Å². The molecule has 23 heavy (non-hydrogen) atoms. The molecule has 5 nitrogen and oxygen atoms in total. The predicted octanol–water partition coefficient (Wildman–Crippen LogP) is 1.91. The van der Waals surface area contributed by atoms with Crippen LogP contribution in [0, 0.1) is 6.92 Å². The smallest absolute Gasteiger partial charge is 0.268 e. The van der Waals surface area contributed by atoms with Crippen molar-refractivity contribution >= 4 is 17.3 Å². The fourth-order valence-electron chi connectivity index (χ4n) is 2.85. The molecule has 1 aliphatic heterocycles. The van der Waals surface area contributed by atoms with Crippen LogP contribution in [-0.2, 0) is 11.2 Å². The van der Waals surface area contributed by atoms with Gasteiger partial charge in [0.1, 0.15) is 5.75 Å². The minimum absolute atomic E-state index is 0.114. The number of β-amino-alcohol motifs (C(OH)–C–C–N with tert-alkyl or cyclic N) is 1. The Morgan fingerprint density at radius 3 is 2.83 bits per heavy atom. The van der Waals surface area contributed by atoms with Crippen LogP contribution in [0.5, 0.6) is 5.75 Å². The molecule has 0 saturated heterocycles. The summed E-state index contributed by atoms with van der Waals surface area (Å²) in [5.41, 5.74) is 9.17. The number of ether oxygens (including phenoxy) is 1. The zero-order valence-electron chi connectivity index (χ0n) is 13.0. The average Bonchev–Trinajstić information content (AvgIpc) is 2.52. The molecule has 3 rings (SSSR count). The van der Waals surface area contributed by atoms with Gasteiger partial charge in [-0.15, -0.1) is 0 Å². The third kappa shape index (κ3) is 3.14. The summed E-state index contributed by atoms with van der Waals surface area (Å²) in [4.78, 5) is 14.3. The Morgan fingerprint density at radius 1 is 1.26 bits per heavy atom. The van der Waals surface area contributed by atoms with Crippen LogP contribution in [0.25, 0.3) is 0 Å². The molecular formula is C18H20N2O3. The lowest BCUT2D eigenvalue weighted by Gasteiger charge is -2.34. The molecule has 0 fully saturated rings. The minimum atomic E-state index is -0.598. The first-order valence-corrected chi connectivity index (χ1v) is 7.62. The van der Waals surface area contributed by atoms with E-state index in [9.17, 15) is 9.90 Å². The number of nitrogens with zero attached hydrogens (tertiary/aromatic N) is 1. The molecule has 1 aliphatic rings. The first kappa shape index (κ1) is 15.4. The Bertz CT molecular complexity index is 730. The number of hydrogen-bond acceptors (Lipinski definition) is 4. The van der Waals surface area contributed by atoms with Crippen LogP contribution in [0.2, 0.25) is 0 Å². The average molecular weight is 312 g/mol. The Hall–Kier alpha value is -2.53. The van der Waals surface area contributed by atoms with Gasteiger partial charge >= 0.3 is 0 Å². The Labute approximate surface area is 135 Å². The van der Waals surface area contributed by atoms with E-state index in [1.54, 1.807) is 23.1 Å². The highest BCUT2D eigenvalue weighted by Crippen LogP contribution is 2.36. The second-order valence-electron chi connectivity index (χ2n) is 5.74. The van der Waals surface area contributed by atoms with Crippen LogP contribution in [0.4, 0.5) is 11.4 Å². The van der Waals surface area contributed by atoms with E-state index in [1.807, 2.05) is 31.2 Å². The van der Waals surface area contributed by atoms with E-state index in [-0.39, 0.29) is 19.1 Å². The highest BCUT2D eigenvalue weighted by molar-refractivity contribution is 6.00. The zero-order chi connectivity index (χ0) is 16.4. The van der Waals surface area contributed by atoms with Crippen LogP contribution in [0.1, 0.15) is 11.1 Å². The van der Waals surface area contributed by atoms with Crippen molar-refractivity contribution in [2.75, 3.05) is 23.8 Å². The maximum absolute atomic E-state index is 12.7. The monoisotopic (exact) mass is 312 g/mol. The van der Waals surface area contributed by atoms with Crippen molar-refractivity contribution in [1.82, 2.24) is 0 Å². The molecule has 3 N–H and O–H groups in total. The molecule has 120 valence electrons. The van der Waals surface area contributed by atoms with Crippen molar-refractivity contribution in [2.24, 2.45) is 0 Å². The van der Waals surface area contributed by atoms with Crippen molar-refractivity contribution in [3.05, 3.63) is 53.6 Å². The minimum Gasteiger partial charge on any atom is -0.478 e. The van der Waals surface area contributed by atoms with Gasteiger partial charge in [-0.25, -0.2) is 0 Å². The van der Waals surface area contributed by atoms with Gasteiger partial charge in [-0.2, -0.15) is 0 Å². The maximum atomic E-state index is 12.7. The van der Waals surface area contributed by atoms with Gasteiger partial charge < -0.3 is 20.5 Å². The second kappa shape index (κ2) is 6.30. The van der Waals surface area contributed by atoms with Crippen molar-refractivity contribution in [3.8, 4) is 5.75 Å². The Kier molecular flexibility index (Phi) is 4.21. The van der Waals surface area contributed by atoms with E-state index in [1.165, 1.54) is 0 Å². The van der Waals surface area contributed by atoms with Crippen LogP contribution in [-0.4, -0.2) is 30.3 Å². The van der Waals surface area contributed by atoms with E-state index in [4.69, 9.17) is 10.5 Å². The molecule has 0 spiro atoms. The summed E-state index contributed by atoms with van der Waals surface area (Å²) in [7, 11) is 0. The highest BCUT2D eigenvalue weighted by Gasteiger charge is 2.34. The number of anilines is 2. The van der Waals surface area contributed by atoms with E-state index in [0.29, 0.717) is 23.5 Å². The molecule has 2 aromatic rings. The van der Waals surface area contributed by atoms with Crippen molar-refractivity contribution in [1.29, 1.82) is 0 Å². The number of benzene rings is 2. The summed E-state index contributed by atoms with van der Waals surface area (Å²) < 4.78 is 5.89. The number of aliphatic hydroxyl groups is 1. The molecule has 1 amide bonds. The Balaban J connectivity index is 1.91. The highest BCUT2D eigenvalue weighted by atomic mass is 16.5. The van der Waals surface area contributed by atoms with E-state index < -0.39 is 6.10 Å². The number of rotatable bonds is 4. The maximum Gasteiger partial charge on any atom is 0.268 e. The summed E-state index contributed by atoms with van der Waals surface area (Å²) in [6.45, 7) is 2.13. The number of amides is 1. The largest absolute Gasteiger partial charge is 0.478 e. The number of aryl methyl sites for hydroxylation is 1. The first-order chi connectivity index (χ1) is 11.1. The van der Waals surface area contributed by atoms with Gasteiger partial charge in [0.05, 0.1) is 12.3 Å². The molecule has 1 heterocycles. The predicted molar refractivity (Wildman–Crippen MR) is 89.6 cm³/mol. The standard InChI is InChI=1S/C18H20N2O3/c1-12-3-2-4-13(9-12)10-17-18(22)20(7-8-21)15-11-14(19)5-6-16(15)23-17/h2-6,9,11,17,21H,7-8,10,19H2,1H3.